The predicted molar refractivity (Wildman–Crippen MR) is 111 cm³/mol. The first-order chi connectivity index (χ1) is 14.7. The van der Waals surface area contributed by atoms with E-state index in [1.165, 1.54) is 0 Å². The summed E-state index contributed by atoms with van der Waals surface area (Å²) in [6, 6.07) is 15.4. The van der Waals surface area contributed by atoms with Crippen molar-refractivity contribution in [1.29, 1.82) is 0 Å². The number of hydrogen-bond acceptors (Lipinski definition) is 6. The van der Waals surface area contributed by atoms with Gasteiger partial charge in [-0.15, -0.1) is 0 Å². The Morgan fingerprint density at radius 2 is 1.83 bits per heavy atom. The van der Waals surface area contributed by atoms with E-state index in [2.05, 4.69) is 10.1 Å². The lowest BCUT2D eigenvalue weighted by molar-refractivity contribution is -0.128. The first kappa shape index (κ1) is 19.9. The van der Waals surface area contributed by atoms with E-state index in [1.807, 2.05) is 67.3 Å². The highest BCUT2D eigenvalue weighted by Gasteiger charge is 2.34. The third-order valence-electron chi connectivity index (χ3n) is 5.05. The van der Waals surface area contributed by atoms with Crippen LogP contribution in [-0.2, 0) is 11.3 Å². The lowest BCUT2D eigenvalue weighted by Gasteiger charge is -2.16. The van der Waals surface area contributed by atoms with Crippen LogP contribution in [0.25, 0.3) is 11.5 Å². The molecule has 156 valence electrons. The van der Waals surface area contributed by atoms with Crippen LogP contribution >= 0.6 is 0 Å². The molecule has 1 atom stereocenters. The van der Waals surface area contributed by atoms with Crippen molar-refractivity contribution in [2.24, 2.45) is 0 Å². The number of para-hydroxylation sites is 1. The average molecular weight is 407 g/mol. The van der Waals surface area contributed by atoms with E-state index >= 15 is 0 Å². The molecule has 1 aromatic heterocycles. The SMILES string of the molecule is CCOc1ccc(CN2CC(c3noc(-c4ccccc4OCC)n3)CC2=O)cc1. The molecule has 1 aliphatic heterocycles. The molecular weight excluding hydrogens is 382 g/mol. The molecule has 7 nitrogen and oxygen atoms in total. The summed E-state index contributed by atoms with van der Waals surface area (Å²) in [5.41, 5.74) is 1.82. The maximum absolute atomic E-state index is 12.5. The fourth-order valence-electron chi connectivity index (χ4n) is 3.61. The van der Waals surface area contributed by atoms with Crippen molar-refractivity contribution in [3.63, 3.8) is 0 Å². The zero-order valence-electron chi connectivity index (χ0n) is 17.2. The molecule has 0 spiro atoms. The Bertz CT molecular complexity index is 1000. The summed E-state index contributed by atoms with van der Waals surface area (Å²) in [5.74, 6) is 2.51. The third kappa shape index (κ3) is 4.30. The van der Waals surface area contributed by atoms with Gasteiger partial charge in [-0.1, -0.05) is 29.4 Å². The first-order valence-corrected chi connectivity index (χ1v) is 10.2. The molecule has 1 fully saturated rings. The third-order valence-corrected chi connectivity index (χ3v) is 5.05. The maximum atomic E-state index is 12.5. The number of carbonyl (C=O) groups is 1. The lowest BCUT2D eigenvalue weighted by Crippen LogP contribution is -2.24. The number of rotatable bonds is 8. The number of nitrogens with zero attached hydrogens (tertiary/aromatic N) is 3. The van der Waals surface area contributed by atoms with Crippen LogP contribution in [0.1, 0.15) is 37.6 Å². The molecule has 30 heavy (non-hydrogen) atoms. The van der Waals surface area contributed by atoms with Crippen LogP contribution in [0.5, 0.6) is 11.5 Å². The molecule has 7 heteroatoms. The Balaban J connectivity index is 1.45. The molecule has 1 unspecified atom stereocenters. The lowest BCUT2D eigenvalue weighted by atomic mass is 10.1. The van der Waals surface area contributed by atoms with Crippen molar-refractivity contribution in [2.45, 2.75) is 32.7 Å². The molecule has 1 aliphatic rings. The number of aromatic nitrogens is 2. The molecule has 0 saturated carbocycles. The maximum Gasteiger partial charge on any atom is 0.261 e. The van der Waals surface area contributed by atoms with E-state index in [0.717, 1.165) is 16.9 Å². The quantitative estimate of drug-likeness (QED) is 0.561. The van der Waals surface area contributed by atoms with Crippen molar-refractivity contribution >= 4 is 5.91 Å². The van der Waals surface area contributed by atoms with Gasteiger partial charge in [0.05, 0.1) is 18.8 Å². The van der Waals surface area contributed by atoms with Gasteiger partial charge in [0.25, 0.3) is 5.89 Å². The fraction of sp³-hybridized carbons (Fsp3) is 0.348. The molecule has 2 heterocycles. The van der Waals surface area contributed by atoms with Gasteiger partial charge in [0.15, 0.2) is 5.82 Å². The van der Waals surface area contributed by atoms with Crippen LogP contribution in [0.4, 0.5) is 0 Å². The van der Waals surface area contributed by atoms with Gasteiger partial charge in [-0.3, -0.25) is 4.79 Å². The molecule has 1 amide bonds. The van der Waals surface area contributed by atoms with Gasteiger partial charge in [0, 0.05) is 25.4 Å². The molecule has 2 aromatic carbocycles. The molecular formula is C23H25N3O4. The Labute approximate surface area is 175 Å². The van der Waals surface area contributed by atoms with Crippen LogP contribution in [0.3, 0.4) is 0 Å². The van der Waals surface area contributed by atoms with Crippen molar-refractivity contribution in [2.75, 3.05) is 19.8 Å². The summed E-state index contributed by atoms with van der Waals surface area (Å²) in [6.45, 7) is 6.19. The largest absolute Gasteiger partial charge is 0.494 e. The second-order valence-corrected chi connectivity index (χ2v) is 7.14. The highest BCUT2D eigenvalue weighted by Crippen LogP contribution is 2.32. The molecule has 0 aliphatic carbocycles. The Hall–Kier alpha value is -3.35. The number of amides is 1. The van der Waals surface area contributed by atoms with Crippen molar-refractivity contribution in [1.82, 2.24) is 15.0 Å². The topological polar surface area (TPSA) is 77.7 Å². The average Bonchev–Trinajstić information content (AvgIpc) is 3.38. The summed E-state index contributed by atoms with van der Waals surface area (Å²) >= 11 is 0. The van der Waals surface area contributed by atoms with Gasteiger partial charge in [0.1, 0.15) is 11.5 Å². The predicted octanol–water partition coefficient (Wildman–Crippen LogP) is 4.05. The summed E-state index contributed by atoms with van der Waals surface area (Å²) in [6.07, 6.45) is 0.378. The summed E-state index contributed by atoms with van der Waals surface area (Å²) < 4.78 is 16.6. The van der Waals surface area contributed by atoms with Crippen LogP contribution in [0.15, 0.2) is 53.1 Å². The zero-order valence-corrected chi connectivity index (χ0v) is 17.2. The molecule has 0 N–H and O–H groups in total. The minimum Gasteiger partial charge on any atom is -0.494 e. The van der Waals surface area contributed by atoms with E-state index in [9.17, 15) is 4.79 Å². The number of benzene rings is 2. The standard InChI is InChI=1S/C23H25N3O4/c1-3-28-18-11-9-16(10-12-18)14-26-15-17(13-21(26)27)22-24-23(30-25-22)19-7-5-6-8-20(19)29-4-2/h5-12,17H,3-4,13-15H2,1-2H3. The fourth-order valence-corrected chi connectivity index (χ4v) is 3.61. The van der Waals surface area contributed by atoms with Crippen LogP contribution in [0, 0.1) is 0 Å². The van der Waals surface area contributed by atoms with Gasteiger partial charge in [0.2, 0.25) is 5.91 Å². The van der Waals surface area contributed by atoms with Crippen LogP contribution in [-0.4, -0.2) is 40.7 Å². The summed E-state index contributed by atoms with van der Waals surface area (Å²) in [4.78, 5) is 18.9. The summed E-state index contributed by atoms with van der Waals surface area (Å²) in [7, 11) is 0. The number of ether oxygens (including phenoxy) is 2. The number of carbonyl (C=O) groups excluding carboxylic acids is 1. The minimum atomic E-state index is -0.0862. The highest BCUT2D eigenvalue weighted by atomic mass is 16.5. The van der Waals surface area contributed by atoms with E-state index in [4.69, 9.17) is 14.0 Å². The molecule has 3 aromatic rings. The number of hydrogen-bond donors (Lipinski definition) is 0. The van der Waals surface area contributed by atoms with Crippen molar-refractivity contribution in [3.05, 3.63) is 59.9 Å². The second-order valence-electron chi connectivity index (χ2n) is 7.14. The van der Waals surface area contributed by atoms with Gasteiger partial charge in [-0.25, -0.2) is 0 Å². The van der Waals surface area contributed by atoms with E-state index in [1.54, 1.807) is 0 Å². The first-order valence-electron chi connectivity index (χ1n) is 10.2. The summed E-state index contributed by atoms with van der Waals surface area (Å²) in [5, 5.41) is 4.15. The Kier molecular flexibility index (Phi) is 5.97. The van der Waals surface area contributed by atoms with E-state index in [-0.39, 0.29) is 11.8 Å². The Morgan fingerprint density at radius 3 is 2.60 bits per heavy atom. The number of likely N-dealkylation sites (tertiary alicyclic amines) is 1. The monoisotopic (exact) mass is 407 g/mol. The van der Waals surface area contributed by atoms with E-state index < -0.39 is 0 Å². The van der Waals surface area contributed by atoms with Gasteiger partial charge in [-0.2, -0.15) is 4.98 Å². The molecule has 1 saturated heterocycles. The minimum absolute atomic E-state index is 0.0862. The smallest absolute Gasteiger partial charge is 0.261 e. The highest BCUT2D eigenvalue weighted by molar-refractivity contribution is 5.79. The van der Waals surface area contributed by atoms with Crippen molar-refractivity contribution < 1.29 is 18.8 Å². The Morgan fingerprint density at radius 1 is 1.07 bits per heavy atom. The van der Waals surface area contributed by atoms with E-state index in [0.29, 0.717) is 50.2 Å². The molecule has 0 radical (unpaired) electrons. The van der Waals surface area contributed by atoms with Crippen LogP contribution in [0.2, 0.25) is 0 Å². The second kappa shape index (κ2) is 8.98. The zero-order chi connectivity index (χ0) is 20.9. The van der Waals surface area contributed by atoms with Gasteiger partial charge < -0.3 is 18.9 Å². The molecule has 0 bridgehead atoms. The van der Waals surface area contributed by atoms with Crippen LogP contribution < -0.4 is 9.47 Å². The molecule has 4 rings (SSSR count). The van der Waals surface area contributed by atoms with Crippen molar-refractivity contribution in [3.8, 4) is 23.0 Å². The normalized spacial score (nSPS) is 16.1. The van der Waals surface area contributed by atoms with Gasteiger partial charge >= 0.3 is 0 Å². The van der Waals surface area contributed by atoms with Gasteiger partial charge in [-0.05, 0) is 43.7 Å².